The van der Waals surface area contributed by atoms with Gasteiger partial charge in [-0.3, -0.25) is 19.2 Å². The van der Waals surface area contributed by atoms with Crippen LogP contribution in [-0.2, 0) is 85.5 Å². The number of carbonyl (C=O) groups excluding carboxylic acids is 2. The van der Waals surface area contributed by atoms with Crippen LogP contribution in [0.1, 0.15) is 39.0 Å². The predicted molar refractivity (Wildman–Crippen MR) is 338 cm³/mol. The molecule has 19 heterocycles. The first-order valence-corrected chi connectivity index (χ1v) is 36.2. The molecule has 0 aromatic rings. The van der Waals surface area contributed by atoms with Crippen molar-refractivity contribution in [3.63, 3.8) is 0 Å². The molecule has 42 heteroatoms. The van der Waals surface area contributed by atoms with Crippen molar-refractivity contribution in [3.05, 3.63) is 0 Å². The van der Waals surface area contributed by atoms with Gasteiger partial charge in [0.05, 0.1) is 89.3 Å². The second-order valence-corrected chi connectivity index (χ2v) is 28.9. The van der Waals surface area contributed by atoms with Crippen molar-refractivity contribution >= 4 is 47.0 Å². The lowest BCUT2D eigenvalue weighted by Gasteiger charge is -2.50. The molecule has 0 aromatic heterocycles. The average molecular weight is 1540 g/mol. The van der Waals surface area contributed by atoms with E-state index in [1.165, 1.54) is 14.0 Å². The number of aliphatic hydroxyl groups is 19. The maximum absolute atomic E-state index is 13.1. The van der Waals surface area contributed by atoms with Crippen molar-refractivity contribution in [2.75, 3.05) is 89.5 Å². The number of ketones is 2. The molecule has 0 radical (unpaired) electrons. The fourth-order valence-corrected chi connectivity index (χ4v) is 16.1. The molecule has 2 aliphatic carbocycles. The molecule has 14 bridgehead atoms. The summed E-state index contributed by atoms with van der Waals surface area (Å²) in [5.41, 5.74) is 0. The van der Waals surface area contributed by atoms with Crippen LogP contribution in [0.25, 0.3) is 0 Å². The third-order valence-electron chi connectivity index (χ3n) is 19.6. The fraction of sp³-hybridized carbons (Fsp3) is 0.934. The highest BCUT2D eigenvalue weighted by Crippen LogP contribution is 2.42. The van der Waals surface area contributed by atoms with Gasteiger partial charge in [0.15, 0.2) is 31.5 Å². The number of aliphatic carboxylic acids is 2. The van der Waals surface area contributed by atoms with E-state index in [2.05, 4.69) is 5.32 Å². The van der Waals surface area contributed by atoms with Crippen LogP contribution in [-0.4, -0.2) is 429 Å². The molecule has 21 fully saturated rings. The molecule has 21 rings (SSSR count). The van der Waals surface area contributed by atoms with Gasteiger partial charge < -0.3 is 179 Å². The Kier molecular flexibility index (Phi) is 33.5. The van der Waals surface area contributed by atoms with E-state index >= 15 is 0 Å². The molecular formula is C61H101NO39S2. The summed E-state index contributed by atoms with van der Waals surface area (Å²) < 4.78 is 82.6. The highest BCUT2D eigenvalue weighted by molar-refractivity contribution is 7.99. The number of thioether (sulfide) groups is 2. The Morgan fingerprint density at radius 2 is 0.728 bits per heavy atom. The van der Waals surface area contributed by atoms with Gasteiger partial charge in [0.1, 0.15) is 158 Å². The lowest BCUT2D eigenvalue weighted by molar-refractivity contribution is -0.383. The highest BCUT2D eigenvalue weighted by atomic mass is 32.2. The summed E-state index contributed by atoms with van der Waals surface area (Å²) >= 11 is 1.82. The van der Waals surface area contributed by atoms with Gasteiger partial charge in [-0.15, -0.1) is 0 Å². The van der Waals surface area contributed by atoms with Crippen LogP contribution in [0.2, 0.25) is 0 Å². The van der Waals surface area contributed by atoms with Gasteiger partial charge in [-0.1, -0.05) is 0 Å². The van der Waals surface area contributed by atoms with E-state index in [0.717, 1.165) is 23.5 Å². The second-order valence-electron chi connectivity index (χ2n) is 26.7. The van der Waals surface area contributed by atoms with Crippen LogP contribution in [0.4, 0.5) is 0 Å². The monoisotopic (exact) mass is 1540 g/mol. The van der Waals surface area contributed by atoms with Crippen LogP contribution in [0.15, 0.2) is 0 Å². The third-order valence-corrected chi connectivity index (χ3v) is 22.0. The third kappa shape index (κ3) is 21.0. The van der Waals surface area contributed by atoms with Crippen molar-refractivity contribution in [2.24, 2.45) is 17.8 Å². The molecule has 103 heavy (non-hydrogen) atoms. The minimum Gasteiger partial charge on any atom is -0.481 e. The number of hydrogen-bond acceptors (Lipinski definition) is 40. The number of carboxylic acids is 2. The van der Waals surface area contributed by atoms with E-state index < -0.39 is 296 Å². The second kappa shape index (κ2) is 40.0. The van der Waals surface area contributed by atoms with Gasteiger partial charge in [0.2, 0.25) is 0 Å². The number of likely N-dealkylation sites (N-methyl/N-ethyl adjacent to an activating group) is 1. The summed E-state index contributed by atoms with van der Waals surface area (Å²) in [7, 11) is 1.37. The van der Waals surface area contributed by atoms with Crippen molar-refractivity contribution in [1.29, 1.82) is 0 Å². The summed E-state index contributed by atoms with van der Waals surface area (Å²) in [6.45, 7) is -3.40. The van der Waals surface area contributed by atoms with E-state index in [9.17, 15) is 126 Å². The smallest absolute Gasteiger partial charge is 0.321 e. The molecule has 40 nitrogen and oxygen atoms in total. The van der Waals surface area contributed by atoms with Crippen LogP contribution in [0.5, 0.6) is 0 Å². The van der Waals surface area contributed by atoms with Gasteiger partial charge in [0.25, 0.3) is 0 Å². The quantitative estimate of drug-likeness (QED) is 0.0340. The maximum atomic E-state index is 13.1. The number of carbonyl (C=O) groups is 4. The molecule has 2 saturated carbocycles. The minimum atomic E-state index is -2.25. The standard InChI is InChI=1S/C61H101NO39S2/c1-21(68)3-5-88-7-8-89-6-4-25(69)9-24(55(84)85)18-102-17-23-11-28-35(71)37(73)49(23)98-57-45(81)40(76)52(31(15-66)94-57)99-58-43(79)38(74)50(29(13-64)92-58)90-27-10-22(12-63)48(36(72)34(27)70)97-61-47(83)42(78)54(33(96-61)20-103-19-26(62-2)56(86)87)101-60-46(82)41(77)53(32(16-67)95-60)100-59-44(80)39(75)51(91-28)30(14-65)93-59/h22-24,26-54,57-67,70-83H,3-20H2,1-2H3,(H,84,85)(H,86,87)/t22?,23?,24-,26?,27+,28+,29?,30?,31?,32?,33?,34?,35?,36-,37-,38-,39-,40-,41-,42-,43?,44?,45?,46?,47?,48-,49-,50-,51-,52-,53-,54-,57-,58-,59+,60+,61+/m1/s1. The lowest BCUT2D eigenvalue weighted by Crippen LogP contribution is -2.67. The van der Waals surface area contributed by atoms with Crippen molar-refractivity contribution in [2.45, 2.75) is 247 Å². The van der Waals surface area contributed by atoms with E-state index in [-0.39, 0.29) is 68.1 Å². The predicted octanol–water partition coefficient (Wildman–Crippen LogP) is -11.7. The molecule has 0 aromatic carbocycles. The van der Waals surface area contributed by atoms with Gasteiger partial charge in [-0.25, -0.2) is 0 Å². The van der Waals surface area contributed by atoms with Gasteiger partial charge in [0, 0.05) is 49.0 Å². The molecule has 15 unspecified atom stereocenters. The zero-order valence-electron chi connectivity index (χ0n) is 56.1. The molecule has 37 atom stereocenters. The first-order valence-electron chi connectivity index (χ1n) is 33.9. The number of Topliss-reactive ketones (excluding diaryl/α,β-unsaturated/α-hetero) is 2. The lowest BCUT2D eigenvalue weighted by atomic mass is 9.80. The summed E-state index contributed by atoms with van der Waals surface area (Å²) in [6, 6.07) is -1.16. The van der Waals surface area contributed by atoms with Crippen molar-refractivity contribution in [3.8, 4) is 0 Å². The Morgan fingerprint density at radius 1 is 0.388 bits per heavy atom. The number of aliphatic hydroxyl groups excluding tert-OH is 19. The zero-order chi connectivity index (χ0) is 75.4. The first-order chi connectivity index (χ1) is 49.0. The van der Waals surface area contributed by atoms with Crippen molar-refractivity contribution in [1.82, 2.24) is 5.32 Å². The molecule has 596 valence electrons. The Labute approximate surface area is 597 Å². The summed E-state index contributed by atoms with van der Waals surface area (Å²) in [6.07, 6.45) is -66.6. The van der Waals surface area contributed by atoms with E-state index in [1.54, 1.807) is 0 Å². The normalized spacial score (nSPS) is 44.9. The Hall–Kier alpha value is -2.38. The Balaban J connectivity index is 1.08. The van der Waals surface area contributed by atoms with Crippen LogP contribution in [0.3, 0.4) is 0 Å². The van der Waals surface area contributed by atoms with Gasteiger partial charge >= 0.3 is 11.9 Å². The molecule has 22 N–H and O–H groups in total. The number of rotatable bonds is 27. The van der Waals surface area contributed by atoms with Gasteiger partial charge in [-0.05, 0) is 38.5 Å². The highest BCUT2D eigenvalue weighted by Gasteiger charge is 2.59. The number of carboxylic acid groups (broad SMARTS) is 2. The molecule has 0 amide bonds. The Morgan fingerprint density at radius 3 is 1.10 bits per heavy atom. The SMILES string of the molecule is CNC(CSCC1O[C@H]2O[C@@H]3C(CO)C[C@H](O[C@@H]4C(CO)O[C@H](O[C@@H]5C(CO)O[C@H](O[C@@H]6C(CSC[C@@H](CC(=O)CCOCCOCCC(C)=O)C(=O)O)C[C@H](O[C@@H]7C(CO)O[C@@H](O[C@@H]8C(CO)O[C@@H](O[C@H]1[C@H](O)C2O)C(O)[C@H]8O)C(O)[C@H]7O)C(O)[C@H]6O)C(O)[C@H]5O)C(O)[C@H]4O)C(O)[C@H]3O)C(=O)O. The summed E-state index contributed by atoms with van der Waals surface area (Å²) in [4.78, 5) is 48.8. The molecule has 21 aliphatic rings. The average Bonchev–Trinajstić information content (AvgIpc) is 0.785. The van der Waals surface area contributed by atoms with E-state index in [0.29, 0.717) is 0 Å². The van der Waals surface area contributed by atoms with Crippen LogP contribution < -0.4 is 5.32 Å². The molecular weight excluding hydrogens is 1430 g/mol. The fourth-order valence-electron chi connectivity index (χ4n) is 13.6. The minimum absolute atomic E-state index is 0.0688. The van der Waals surface area contributed by atoms with E-state index in [1.807, 2.05) is 0 Å². The number of nitrogens with one attached hydrogen (secondary N) is 1. The zero-order valence-corrected chi connectivity index (χ0v) is 57.8. The van der Waals surface area contributed by atoms with E-state index in [4.69, 9.17) is 66.3 Å². The van der Waals surface area contributed by atoms with Gasteiger partial charge in [-0.2, -0.15) is 23.5 Å². The summed E-state index contributed by atoms with van der Waals surface area (Å²) in [5.74, 6) is -7.98. The number of hydrogen-bond donors (Lipinski definition) is 22. The summed E-state index contributed by atoms with van der Waals surface area (Å²) in [5, 5.41) is 241. The molecule has 19 aliphatic heterocycles. The van der Waals surface area contributed by atoms with Crippen LogP contribution >= 0.6 is 23.5 Å². The topological polar surface area (TPSA) is 634 Å². The van der Waals surface area contributed by atoms with Crippen molar-refractivity contribution < 1.29 is 193 Å². The Bertz CT molecular complexity index is 2610. The number of ether oxygens (including phenoxy) is 14. The molecule has 19 saturated heterocycles. The maximum Gasteiger partial charge on any atom is 0.321 e. The first kappa shape index (κ1) is 86.2. The van der Waals surface area contributed by atoms with Crippen LogP contribution in [0, 0.1) is 17.8 Å². The molecule has 0 spiro atoms. The largest absolute Gasteiger partial charge is 0.481 e.